The average Bonchev–Trinajstić information content (AvgIpc) is 2.62. The summed E-state index contributed by atoms with van der Waals surface area (Å²) in [5.41, 5.74) is 2.88. The molecule has 0 atom stereocenters. The highest BCUT2D eigenvalue weighted by atomic mass is 35.5. The van der Waals surface area contributed by atoms with E-state index >= 15 is 0 Å². The second kappa shape index (κ2) is 8.19. The first-order chi connectivity index (χ1) is 12.1. The van der Waals surface area contributed by atoms with Gasteiger partial charge in [0.1, 0.15) is 0 Å². The quantitative estimate of drug-likeness (QED) is 0.848. The van der Waals surface area contributed by atoms with E-state index in [0.29, 0.717) is 5.02 Å². The third-order valence-electron chi connectivity index (χ3n) is 4.28. The third-order valence-corrected chi connectivity index (χ3v) is 4.51. The number of piperazine rings is 1. The van der Waals surface area contributed by atoms with Gasteiger partial charge in [-0.25, -0.2) is 0 Å². The van der Waals surface area contributed by atoms with E-state index in [9.17, 15) is 4.79 Å². The van der Waals surface area contributed by atoms with Crippen molar-refractivity contribution in [1.82, 2.24) is 4.90 Å². The maximum atomic E-state index is 12.0. The molecule has 25 heavy (non-hydrogen) atoms. The highest BCUT2D eigenvalue weighted by molar-refractivity contribution is 6.30. The first kappa shape index (κ1) is 17.5. The summed E-state index contributed by atoms with van der Waals surface area (Å²) in [4.78, 5) is 16.7. The lowest BCUT2D eigenvalue weighted by molar-refractivity contribution is -0.111. The molecule has 0 radical (unpaired) electrons. The number of anilines is 2. The van der Waals surface area contributed by atoms with Gasteiger partial charge in [0.25, 0.3) is 0 Å². The van der Waals surface area contributed by atoms with Crippen LogP contribution in [0.3, 0.4) is 0 Å². The number of carbonyl (C=O) groups is 1. The van der Waals surface area contributed by atoms with Crippen LogP contribution in [0.5, 0.6) is 0 Å². The number of nitrogens with one attached hydrogen (secondary N) is 1. The summed E-state index contributed by atoms with van der Waals surface area (Å²) >= 11 is 5.94. The van der Waals surface area contributed by atoms with Gasteiger partial charge < -0.3 is 15.1 Å². The number of benzene rings is 2. The van der Waals surface area contributed by atoms with E-state index in [1.807, 2.05) is 30.3 Å². The van der Waals surface area contributed by atoms with Crippen LogP contribution >= 0.6 is 11.6 Å². The average molecular weight is 356 g/mol. The van der Waals surface area contributed by atoms with Crippen molar-refractivity contribution in [1.29, 1.82) is 0 Å². The lowest BCUT2D eigenvalue weighted by Crippen LogP contribution is -2.44. The van der Waals surface area contributed by atoms with Crippen molar-refractivity contribution in [2.24, 2.45) is 0 Å². The van der Waals surface area contributed by atoms with Gasteiger partial charge in [-0.15, -0.1) is 0 Å². The molecule has 0 saturated carbocycles. The molecular weight excluding hydrogens is 334 g/mol. The minimum absolute atomic E-state index is 0.160. The minimum Gasteiger partial charge on any atom is -0.369 e. The fraction of sp³-hybridized carbons (Fsp3) is 0.250. The SMILES string of the molecule is CN1CCN(c2ccc(NC(=O)/C=C/c3cccc(Cl)c3)cc2)CC1. The molecule has 1 aliphatic rings. The molecule has 1 aliphatic heterocycles. The maximum absolute atomic E-state index is 12.0. The van der Waals surface area contributed by atoms with Crippen LogP contribution in [-0.2, 0) is 4.79 Å². The molecule has 0 aromatic heterocycles. The van der Waals surface area contributed by atoms with Crippen LogP contribution in [0.2, 0.25) is 5.02 Å². The Kier molecular flexibility index (Phi) is 5.74. The van der Waals surface area contributed by atoms with Crippen molar-refractivity contribution in [3.63, 3.8) is 0 Å². The van der Waals surface area contributed by atoms with Gasteiger partial charge in [-0.3, -0.25) is 4.79 Å². The summed E-state index contributed by atoms with van der Waals surface area (Å²) in [7, 11) is 2.15. The van der Waals surface area contributed by atoms with Crippen molar-refractivity contribution in [2.45, 2.75) is 0 Å². The zero-order chi connectivity index (χ0) is 17.6. The Hall–Kier alpha value is -2.30. The van der Waals surface area contributed by atoms with Gasteiger partial charge in [0.15, 0.2) is 0 Å². The van der Waals surface area contributed by atoms with Gasteiger partial charge in [-0.2, -0.15) is 0 Å². The van der Waals surface area contributed by atoms with Crippen molar-refractivity contribution >= 4 is 35.0 Å². The van der Waals surface area contributed by atoms with Gasteiger partial charge in [-0.05, 0) is 55.1 Å². The Morgan fingerprint density at radius 2 is 1.80 bits per heavy atom. The van der Waals surface area contributed by atoms with Crippen LogP contribution in [0.4, 0.5) is 11.4 Å². The van der Waals surface area contributed by atoms with Crippen LogP contribution in [0.25, 0.3) is 6.08 Å². The molecule has 0 bridgehead atoms. The molecule has 1 fully saturated rings. The Balaban J connectivity index is 1.56. The van der Waals surface area contributed by atoms with Gasteiger partial charge >= 0.3 is 0 Å². The molecular formula is C20H22ClN3O. The fourth-order valence-electron chi connectivity index (χ4n) is 2.79. The van der Waals surface area contributed by atoms with Gasteiger partial charge in [0.05, 0.1) is 0 Å². The minimum atomic E-state index is -0.160. The van der Waals surface area contributed by atoms with Gasteiger partial charge in [0.2, 0.25) is 5.91 Å². The number of rotatable bonds is 4. The number of hydrogen-bond acceptors (Lipinski definition) is 3. The second-order valence-electron chi connectivity index (χ2n) is 6.21. The van der Waals surface area contributed by atoms with Crippen molar-refractivity contribution in [3.8, 4) is 0 Å². The smallest absolute Gasteiger partial charge is 0.248 e. The molecule has 1 heterocycles. The normalized spacial score (nSPS) is 15.5. The predicted molar refractivity (Wildman–Crippen MR) is 105 cm³/mol. The lowest BCUT2D eigenvalue weighted by atomic mass is 10.2. The largest absolute Gasteiger partial charge is 0.369 e. The Morgan fingerprint density at radius 1 is 1.08 bits per heavy atom. The first-order valence-electron chi connectivity index (χ1n) is 8.38. The molecule has 1 N–H and O–H groups in total. The van der Waals surface area contributed by atoms with E-state index in [2.05, 4.69) is 34.3 Å². The molecule has 1 saturated heterocycles. The number of likely N-dealkylation sites (N-methyl/N-ethyl adjacent to an activating group) is 1. The molecule has 2 aromatic rings. The number of halogens is 1. The van der Waals surface area contributed by atoms with Crippen LogP contribution in [0, 0.1) is 0 Å². The Bertz CT molecular complexity index is 750. The van der Waals surface area contributed by atoms with Crippen molar-refractivity contribution in [2.75, 3.05) is 43.4 Å². The van der Waals surface area contributed by atoms with E-state index in [-0.39, 0.29) is 5.91 Å². The third kappa shape index (κ3) is 5.08. The fourth-order valence-corrected chi connectivity index (χ4v) is 2.99. The van der Waals surface area contributed by atoms with E-state index in [4.69, 9.17) is 11.6 Å². The number of amides is 1. The van der Waals surface area contributed by atoms with E-state index in [1.54, 1.807) is 12.1 Å². The van der Waals surface area contributed by atoms with E-state index in [1.165, 1.54) is 11.8 Å². The standard InChI is InChI=1S/C20H22ClN3O/c1-23-11-13-24(14-12-23)19-8-6-18(7-9-19)22-20(25)10-5-16-3-2-4-17(21)15-16/h2-10,15H,11-14H2,1H3,(H,22,25)/b10-5+. The lowest BCUT2D eigenvalue weighted by Gasteiger charge is -2.34. The zero-order valence-electron chi connectivity index (χ0n) is 14.3. The van der Waals surface area contributed by atoms with Crippen molar-refractivity contribution in [3.05, 3.63) is 65.2 Å². The van der Waals surface area contributed by atoms with Gasteiger partial charge in [-0.1, -0.05) is 23.7 Å². The Morgan fingerprint density at radius 3 is 2.48 bits per heavy atom. The molecule has 0 unspecified atom stereocenters. The van der Waals surface area contributed by atoms with Crippen LogP contribution in [0.15, 0.2) is 54.6 Å². The number of nitrogens with zero attached hydrogens (tertiary/aromatic N) is 2. The second-order valence-corrected chi connectivity index (χ2v) is 6.65. The maximum Gasteiger partial charge on any atom is 0.248 e. The summed E-state index contributed by atoms with van der Waals surface area (Å²) in [6.45, 7) is 4.22. The number of carbonyl (C=O) groups excluding carboxylic acids is 1. The molecule has 2 aromatic carbocycles. The monoisotopic (exact) mass is 355 g/mol. The molecule has 130 valence electrons. The van der Waals surface area contributed by atoms with Gasteiger partial charge in [0, 0.05) is 48.7 Å². The molecule has 5 heteroatoms. The summed E-state index contributed by atoms with van der Waals surface area (Å²) < 4.78 is 0. The van der Waals surface area contributed by atoms with Crippen molar-refractivity contribution < 1.29 is 4.79 Å². The molecule has 4 nitrogen and oxygen atoms in total. The summed E-state index contributed by atoms with van der Waals surface area (Å²) in [5, 5.41) is 3.53. The van der Waals surface area contributed by atoms with E-state index in [0.717, 1.165) is 37.4 Å². The molecule has 0 aliphatic carbocycles. The summed E-state index contributed by atoms with van der Waals surface area (Å²) in [6, 6.07) is 15.4. The molecule has 3 rings (SSSR count). The highest BCUT2D eigenvalue weighted by Crippen LogP contribution is 2.19. The first-order valence-corrected chi connectivity index (χ1v) is 8.76. The highest BCUT2D eigenvalue weighted by Gasteiger charge is 2.13. The summed E-state index contributed by atoms with van der Waals surface area (Å²) in [6.07, 6.45) is 3.26. The van der Waals surface area contributed by atoms with Crippen LogP contribution < -0.4 is 10.2 Å². The zero-order valence-corrected chi connectivity index (χ0v) is 15.0. The van der Waals surface area contributed by atoms with E-state index < -0.39 is 0 Å². The molecule has 1 amide bonds. The Labute approximate surface area is 153 Å². The predicted octanol–water partition coefficient (Wildman–Crippen LogP) is 3.74. The topological polar surface area (TPSA) is 35.6 Å². The molecule has 0 spiro atoms. The van der Waals surface area contributed by atoms with Crippen LogP contribution in [0.1, 0.15) is 5.56 Å². The summed E-state index contributed by atoms with van der Waals surface area (Å²) in [5.74, 6) is -0.160. The number of hydrogen-bond donors (Lipinski definition) is 1. The van der Waals surface area contributed by atoms with Crippen LogP contribution in [-0.4, -0.2) is 44.0 Å².